The fourth-order valence-corrected chi connectivity index (χ4v) is 22.3. The molecule has 3 aliphatic heterocycles. The van der Waals surface area contributed by atoms with Crippen molar-refractivity contribution in [3.8, 4) is 0 Å². The van der Waals surface area contributed by atoms with Crippen LogP contribution in [0.25, 0.3) is 0 Å². The summed E-state index contributed by atoms with van der Waals surface area (Å²) < 4.78 is 94.2. The molecule has 3 atom stereocenters. The van der Waals surface area contributed by atoms with Gasteiger partial charge in [-0.15, -0.1) is 0 Å². The van der Waals surface area contributed by atoms with E-state index in [1.807, 2.05) is 60.7 Å². The van der Waals surface area contributed by atoms with Crippen LogP contribution in [0.15, 0.2) is 166 Å². The molecule has 5 aromatic carbocycles. The third-order valence-electron chi connectivity index (χ3n) is 19.5. The Hall–Kier alpha value is -6.38. The van der Waals surface area contributed by atoms with Gasteiger partial charge in [0.25, 0.3) is 0 Å². The summed E-state index contributed by atoms with van der Waals surface area (Å²) in [4.78, 5) is 83.1. The largest absolute Gasteiger partial charge is 0.462 e. The molecule has 11 nitrogen and oxygen atoms in total. The lowest BCUT2D eigenvalue weighted by Gasteiger charge is -2.56. The van der Waals surface area contributed by atoms with Crippen molar-refractivity contribution in [3.05, 3.63) is 163 Å². The van der Waals surface area contributed by atoms with Crippen LogP contribution in [0.1, 0.15) is 144 Å². The quantitative estimate of drug-likeness (QED) is 0.0287. The maximum atomic E-state index is 12.8. The normalized spacial score (nSPS) is 25.8. The molecule has 97 heavy (non-hydrogen) atoms. The highest BCUT2D eigenvalue weighted by Gasteiger charge is 2.56. The fraction of sp³-hybridized carbons (Fsp3) is 0.519. The Bertz CT molecular complexity index is 3180. The second-order valence-corrected chi connectivity index (χ2v) is 34.6. The number of cyclic esters (lactones) is 1. The number of hydrogen-bond acceptors (Lipinski definition) is 11. The molecule has 11 fully saturated rings. The summed E-state index contributed by atoms with van der Waals surface area (Å²) in [7, 11) is 0.771. The van der Waals surface area contributed by atoms with Crippen molar-refractivity contribution in [2.45, 2.75) is 162 Å². The second kappa shape index (κ2) is 34.1. The van der Waals surface area contributed by atoms with Gasteiger partial charge in [-0.05, 0) is 178 Å². The van der Waals surface area contributed by atoms with Crippen LogP contribution in [0.3, 0.4) is 0 Å². The number of ether oxygens (including phenoxy) is 4. The van der Waals surface area contributed by atoms with E-state index in [2.05, 4.69) is 100 Å². The molecule has 20 heteroatoms. The van der Waals surface area contributed by atoms with Crippen molar-refractivity contribution >= 4 is 73.9 Å². The summed E-state index contributed by atoms with van der Waals surface area (Å²) in [6.45, 7) is 1.71. The minimum absolute atomic E-state index is 0.0146. The van der Waals surface area contributed by atoms with Crippen LogP contribution in [0.5, 0.6) is 0 Å². The predicted octanol–water partition coefficient (Wildman–Crippen LogP) is 15.8. The van der Waals surface area contributed by atoms with Gasteiger partial charge in [0.2, 0.25) is 11.6 Å². The summed E-state index contributed by atoms with van der Waals surface area (Å²) in [5.74, 6) is -4.72. The Kier molecular flexibility index (Phi) is 26.3. The monoisotopic (exact) mass is 1400 g/mol. The highest BCUT2D eigenvalue weighted by atomic mass is 32.2. The van der Waals surface area contributed by atoms with Crippen LogP contribution >= 0.6 is 0 Å². The zero-order valence-corrected chi connectivity index (χ0v) is 58.1. The van der Waals surface area contributed by atoms with Crippen molar-refractivity contribution in [2.75, 3.05) is 54.3 Å². The summed E-state index contributed by atoms with van der Waals surface area (Å²) in [5.41, 5.74) is 1.57. The molecule has 11 aliphatic rings. The van der Waals surface area contributed by atoms with Gasteiger partial charge in [-0.1, -0.05) is 115 Å². The molecule has 0 amide bonds. The first-order chi connectivity index (χ1) is 46.2. The van der Waals surface area contributed by atoms with E-state index in [1.54, 1.807) is 0 Å². The lowest BCUT2D eigenvalue weighted by atomic mass is 9.49. The van der Waals surface area contributed by atoms with E-state index in [4.69, 9.17) is 9.47 Å². The molecule has 8 aliphatic carbocycles. The number of carbonyl (C=O) groups excluding carboxylic acids is 7. The molecular formula is C77H91F6O11S3+3. The average molecular weight is 1400 g/mol. The highest BCUT2D eigenvalue weighted by molar-refractivity contribution is 7.98. The summed E-state index contributed by atoms with van der Waals surface area (Å²) >= 11 is 0. The number of halogens is 6. The van der Waals surface area contributed by atoms with Gasteiger partial charge in [0, 0.05) is 54.6 Å². The van der Waals surface area contributed by atoms with Gasteiger partial charge in [0.15, 0.2) is 26.2 Å². The Morgan fingerprint density at radius 3 is 1.10 bits per heavy atom. The van der Waals surface area contributed by atoms with Crippen molar-refractivity contribution < 1.29 is 78.9 Å². The van der Waals surface area contributed by atoms with E-state index in [0.29, 0.717) is 78.7 Å². The van der Waals surface area contributed by atoms with Crippen LogP contribution < -0.4 is 0 Å². The van der Waals surface area contributed by atoms with Crippen molar-refractivity contribution in [1.82, 2.24) is 0 Å². The maximum absolute atomic E-state index is 12.8. The molecule has 0 radical (unpaired) electrons. The SMILES string of the molecule is CC(F)(F)C(=O)OC1COC(=O)C1.CC(F)(F)C(=O)OCC12CC3CC(C1)C(=O)C(C3)C2.CC(F)(F)C(=O)OCC12CC3CC(CC(C3)C1)C2.O=C(C[S+]1CCCC1)c1ccccc1.O=C(C[S+]1CCCC1)c1ccccc1.c1ccc([S+](c2ccccc2)c2ccccc2)cc1. The standard InChI is InChI=1S/C18H15S.C14H18F2O3.C14H20F2O2.2C12H15OS.C7H8F2O4/c1-4-10-16(11-5-1)19(17-12-6-2-7-13-17)18-14-8-3-9-15-18;1-13(15,16)12(18)19-7-14-4-8-2-9(5-14)11(17)10(3-8)6-14;1-13(15,16)12(17)18-8-14-5-9-2-10(6-14)4-11(3-9)7-14;2*13-12(10-14-8-4-5-9-14)11-6-2-1-3-7-11;1-7(8,9)6(11)13-4-2-5(10)12-3-4/h1-15H;8-10H,2-7H2,1H3;9-11H,2-8H2,1H3;2*1-3,6-7H,4-5,8-10H2;4H,2-3H2,1H3/q+1;;;2*+1;. The fourth-order valence-electron chi connectivity index (χ4n) is 15.6. The highest BCUT2D eigenvalue weighted by Crippen LogP contribution is 2.61. The van der Waals surface area contributed by atoms with Crippen LogP contribution in [0.2, 0.25) is 0 Å². The predicted molar refractivity (Wildman–Crippen MR) is 366 cm³/mol. The van der Waals surface area contributed by atoms with Gasteiger partial charge < -0.3 is 18.9 Å². The Morgan fingerprint density at radius 1 is 0.464 bits per heavy atom. The molecule has 3 saturated heterocycles. The number of carbonyl (C=O) groups is 7. The van der Waals surface area contributed by atoms with Gasteiger partial charge in [-0.2, -0.15) is 26.3 Å². The number of esters is 4. The first-order valence-corrected chi connectivity index (χ1v) is 38.6. The number of ketones is 3. The number of benzene rings is 5. The minimum Gasteiger partial charge on any atom is -0.462 e. The minimum atomic E-state index is -3.52. The molecule has 5 aromatic rings. The first-order valence-electron chi connectivity index (χ1n) is 33.9. The lowest BCUT2D eigenvalue weighted by Crippen LogP contribution is -2.53. The average Bonchev–Trinajstić information content (AvgIpc) is 1.67. The Balaban J connectivity index is 0.000000137. The molecule has 0 N–H and O–H groups in total. The van der Waals surface area contributed by atoms with Gasteiger partial charge in [-0.25, -0.2) is 14.4 Å². The van der Waals surface area contributed by atoms with Gasteiger partial charge in [0.1, 0.15) is 41.5 Å². The third-order valence-corrected chi connectivity index (χ3v) is 26.5. The topological polar surface area (TPSA) is 156 Å². The molecule has 0 spiro atoms. The van der Waals surface area contributed by atoms with Crippen molar-refractivity contribution in [1.29, 1.82) is 0 Å². The number of Topliss-reactive ketones (excluding diaryl/α,β-unsaturated/α-hetero) is 3. The molecule has 3 heterocycles. The summed E-state index contributed by atoms with van der Waals surface area (Å²) in [6.07, 6.45) is 15.6. The van der Waals surface area contributed by atoms with E-state index in [0.717, 1.165) is 78.9 Å². The van der Waals surface area contributed by atoms with E-state index >= 15 is 0 Å². The van der Waals surface area contributed by atoms with Gasteiger partial charge >= 0.3 is 41.6 Å². The molecule has 0 aromatic heterocycles. The number of hydrogen-bond donors (Lipinski definition) is 0. The first kappa shape index (κ1) is 74.8. The second-order valence-electron chi connectivity index (χ2n) is 28.0. The zero-order chi connectivity index (χ0) is 69.4. The summed E-state index contributed by atoms with van der Waals surface area (Å²) in [5, 5.41) is 0. The van der Waals surface area contributed by atoms with E-state index in [-0.39, 0.29) is 59.8 Å². The molecular weight excluding hydrogens is 1310 g/mol. The van der Waals surface area contributed by atoms with Crippen LogP contribution in [-0.2, 0) is 75.6 Å². The third kappa shape index (κ3) is 22.1. The van der Waals surface area contributed by atoms with Gasteiger partial charge in [-0.3, -0.25) is 19.2 Å². The molecule has 522 valence electrons. The smallest absolute Gasteiger partial charge is 0.377 e. The molecule has 16 rings (SSSR count). The van der Waals surface area contributed by atoms with E-state index in [9.17, 15) is 59.9 Å². The molecule has 3 unspecified atom stereocenters. The summed E-state index contributed by atoms with van der Waals surface area (Å²) in [6, 6.07) is 51.5. The van der Waals surface area contributed by atoms with E-state index < -0.39 is 47.7 Å². The van der Waals surface area contributed by atoms with Crippen molar-refractivity contribution in [2.24, 2.45) is 46.3 Å². The number of rotatable bonds is 17. The van der Waals surface area contributed by atoms with E-state index in [1.165, 1.54) is 82.6 Å². The number of alkyl halides is 6. The maximum Gasteiger partial charge on any atom is 0.377 e. The zero-order valence-electron chi connectivity index (χ0n) is 55.6. The van der Waals surface area contributed by atoms with Crippen LogP contribution in [0, 0.1) is 46.3 Å². The van der Waals surface area contributed by atoms with Crippen LogP contribution in [0.4, 0.5) is 26.3 Å². The van der Waals surface area contributed by atoms with Crippen molar-refractivity contribution in [3.63, 3.8) is 0 Å². The van der Waals surface area contributed by atoms with Gasteiger partial charge in [0.05, 0.1) is 30.5 Å². The lowest BCUT2D eigenvalue weighted by molar-refractivity contribution is -0.180. The molecule has 8 saturated carbocycles. The molecule has 8 bridgehead atoms. The Morgan fingerprint density at radius 2 is 0.784 bits per heavy atom. The Labute approximate surface area is 575 Å². The van der Waals surface area contributed by atoms with Crippen LogP contribution in [-0.4, -0.2) is 119 Å².